The number of hydrogen-bond donors (Lipinski definition) is 2. The van der Waals surface area contributed by atoms with Crippen LogP contribution in [-0.4, -0.2) is 24.0 Å². The molecule has 4 nitrogen and oxygen atoms in total. The molecule has 1 aromatic heterocycles. The number of nitrogens with zero attached hydrogens (tertiary/aromatic N) is 1. The summed E-state index contributed by atoms with van der Waals surface area (Å²) in [7, 11) is 0. The number of aromatic nitrogens is 1. The summed E-state index contributed by atoms with van der Waals surface area (Å²) in [6.45, 7) is 8.02. The van der Waals surface area contributed by atoms with Gasteiger partial charge in [-0.3, -0.25) is 4.79 Å². The number of carbonyl (C=O) groups excluding carboxylic acids is 1. The first-order valence-electron chi connectivity index (χ1n) is 6.53. The second-order valence-electron chi connectivity index (χ2n) is 5.14. The fourth-order valence-corrected chi connectivity index (χ4v) is 3.16. The molecule has 0 bridgehead atoms. The fourth-order valence-electron chi connectivity index (χ4n) is 2.26. The van der Waals surface area contributed by atoms with Crippen molar-refractivity contribution >= 4 is 22.4 Å². The number of piperidine rings is 1. The smallest absolute Gasteiger partial charge is 0.232 e. The second-order valence-corrected chi connectivity index (χ2v) is 6.34. The van der Waals surface area contributed by atoms with Gasteiger partial charge in [0, 0.05) is 10.3 Å². The first kappa shape index (κ1) is 13.5. The Labute approximate surface area is 112 Å². The van der Waals surface area contributed by atoms with E-state index in [-0.39, 0.29) is 11.3 Å². The molecule has 2 rings (SSSR count). The van der Waals surface area contributed by atoms with Crippen molar-refractivity contribution in [2.75, 3.05) is 18.4 Å². The molecule has 0 saturated carbocycles. The first-order valence-corrected chi connectivity index (χ1v) is 7.35. The molecule has 1 aliphatic heterocycles. The first-order chi connectivity index (χ1) is 8.55. The van der Waals surface area contributed by atoms with E-state index in [1.165, 1.54) is 4.88 Å². The van der Waals surface area contributed by atoms with E-state index in [0.717, 1.165) is 43.2 Å². The summed E-state index contributed by atoms with van der Waals surface area (Å²) in [5, 5.41) is 7.02. The molecule has 1 amide bonds. The van der Waals surface area contributed by atoms with Gasteiger partial charge < -0.3 is 10.6 Å². The minimum atomic E-state index is -0.253. The zero-order valence-corrected chi connectivity index (χ0v) is 12.1. The van der Waals surface area contributed by atoms with Crippen LogP contribution >= 0.6 is 11.3 Å². The van der Waals surface area contributed by atoms with Crippen LogP contribution in [0.3, 0.4) is 0 Å². The SMILES string of the molecule is CCc1nc(NC(=O)C2(C)CCNCC2)sc1C. The maximum Gasteiger partial charge on any atom is 0.232 e. The molecule has 0 unspecified atom stereocenters. The predicted octanol–water partition coefficient (Wildman–Crippen LogP) is 2.34. The van der Waals surface area contributed by atoms with E-state index in [1.807, 2.05) is 6.92 Å². The van der Waals surface area contributed by atoms with E-state index in [0.29, 0.717) is 0 Å². The number of carbonyl (C=O) groups is 1. The largest absolute Gasteiger partial charge is 0.317 e. The van der Waals surface area contributed by atoms with Crippen LogP contribution in [0.4, 0.5) is 5.13 Å². The van der Waals surface area contributed by atoms with Gasteiger partial charge in [-0.2, -0.15) is 0 Å². The minimum absolute atomic E-state index is 0.111. The Morgan fingerprint density at radius 3 is 2.72 bits per heavy atom. The van der Waals surface area contributed by atoms with Crippen LogP contribution < -0.4 is 10.6 Å². The van der Waals surface area contributed by atoms with Crippen LogP contribution in [0.2, 0.25) is 0 Å². The van der Waals surface area contributed by atoms with Crippen molar-refractivity contribution in [2.24, 2.45) is 5.41 Å². The van der Waals surface area contributed by atoms with Crippen LogP contribution in [0.25, 0.3) is 0 Å². The van der Waals surface area contributed by atoms with Crippen LogP contribution in [0.5, 0.6) is 0 Å². The summed E-state index contributed by atoms with van der Waals surface area (Å²) < 4.78 is 0. The number of hydrogen-bond acceptors (Lipinski definition) is 4. The zero-order valence-electron chi connectivity index (χ0n) is 11.3. The molecule has 2 heterocycles. The maximum atomic E-state index is 12.3. The lowest BCUT2D eigenvalue weighted by Gasteiger charge is -2.32. The molecule has 1 aliphatic rings. The van der Waals surface area contributed by atoms with E-state index in [1.54, 1.807) is 11.3 Å². The van der Waals surface area contributed by atoms with Crippen molar-refractivity contribution in [3.8, 4) is 0 Å². The quantitative estimate of drug-likeness (QED) is 0.884. The summed E-state index contributed by atoms with van der Waals surface area (Å²) >= 11 is 1.57. The van der Waals surface area contributed by atoms with Gasteiger partial charge >= 0.3 is 0 Å². The molecule has 1 aromatic rings. The van der Waals surface area contributed by atoms with Crippen LogP contribution in [0.15, 0.2) is 0 Å². The molecule has 0 aliphatic carbocycles. The summed E-state index contributed by atoms with van der Waals surface area (Å²) in [5.41, 5.74) is 0.836. The van der Waals surface area contributed by atoms with Crippen molar-refractivity contribution in [1.29, 1.82) is 0 Å². The Morgan fingerprint density at radius 1 is 1.50 bits per heavy atom. The highest BCUT2D eigenvalue weighted by atomic mass is 32.1. The predicted molar refractivity (Wildman–Crippen MR) is 75.1 cm³/mol. The van der Waals surface area contributed by atoms with E-state index in [9.17, 15) is 4.79 Å². The topological polar surface area (TPSA) is 54.0 Å². The molecule has 0 radical (unpaired) electrons. The van der Waals surface area contributed by atoms with Gasteiger partial charge in [0.2, 0.25) is 5.91 Å². The number of thiazole rings is 1. The van der Waals surface area contributed by atoms with Crippen LogP contribution in [-0.2, 0) is 11.2 Å². The number of anilines is 1. The molecule has 0 spiro atoms. The third kappa shape index (κ3) is 2.72. The lowest BCUT2D eigenvalue weighted by atomic mass is 9.80. The Hall–Kier alpha value is -0.940. The lowest BCUT2D eigenvalue weighted by molar-refractivity contribution is -0.126. The summed E-state index contributed by atoms with van der Waals surface area (Å²) in [6.07, 6.45) is 2.70. The second kappa shape index (κ2) is 5.36. The molecule has 2 N–H and O–H groups in total. The van der Waals surface area contributed by atoms with Crippen LogP contribution in [0, 0.1) is 12.3 Å². The van der Waals surface area contributed by atoms with Gasteiger partial charge in [-0.1, -0.05) is 13.8 Å². The summed E-state index contributed by atoms with van der Waals surface area (Å²) in [6, 6.07) is 0. The van der Waals surface area contributed by atoms with Gasteiger partial charge in [-0.25, -0.2) is 4.98 Å². The Kier molecular flexibility index (Phi) is 4.02. The third-order valence-corrected chi connectivity index (χ3v) is 4.63. The summed E-state index contributed by atoms with van der Waals surface area (Å²) in [4.78, 5) is 18.0. The highest BCUT2D eigenvalue weighted by Crippen LogP contribution is 2.31. The maximum absolute atomic E-state index is 12.3. The molecule has 18 heavy (non-hydrogen) atoms. The monoisotopic (exact) mass is 267 g/mol. The van der Waals surface area contributed by atoms with E-state index in [2.05, 4.69) is 29.5 Å². The lowest BCUT2D eigenvalue weighted by Crippen LogP contribution is -2.42. The molecule has 5 heteroatoms. The molecule has 0 atom stereocenters. The van der Waals surface area contributed by atoms with Gasteiger partial charge in [-0.15, -0.1) is 11.3 Å². The highest BCUT2D eigenvalue weighted by Gasteiger charge is 2.34. The van der Waals surface area contributed by atoms with Gasteiger partial charge in [0.1, 0.15) is 0 Å². The van der Waals surface area contributed by atoms with E-state index in [4.69, 9.17) is 0 Å². The number of amides is 1. The van der Waals surface area contributed by atoms with Crippen molar-refractivity contribution in [3.05, 3.63) is 10.6 Å². The molecular weight excluding hydrogens is 246 g/mol. The Bertz CT molecular complexity index is 435. The Balaban J connectivity index is 2.05. The van der Waals surface area contributed by atoms with Gasteiger partial charge in [0.25, 0.3) is 0 Å². The minimum Gasteiger partial charge on any atom is -0.317 e. The Morgan fingerprint density at radius 2 is 2.17 bits per heavy atom. The van der Waals surface area contributed by atoms with Crippen molar-refractivity contribution in [3.63, 3.8) is 0 Å². The average molecular weight is 267 g/mol. The molecular formula is C13H21N3OS. The third-order valence-electron chi connectivity index (χ3n) is 3.70. The van der Waals surface area contributed by atoms with Gasteiger partial charge in [0.15, 0.2) is 5.13 Å². The van der Waals surface area contributed by atoms with Crippen molar-refractivity contribution in [1.82, 2.24) is 10.3 Å². The summed E-state index contributed by atoms with van der Waals surface area (Å²) in [5.74, 6) is 0.111. The number of rotatable bonds is 3. The standard InChI is InChI=1S/C13H21N3OS/c1-4-10-9(2)18-12(15-10)16-11(17)13(3)5-7-14-8-6-13/h14H,4-8H2,1-3H3,(H,15,16,17). The van der Waals surface area contributed by atoms with Gasteiger partial charge in [-0.05, 0) is 39.3 Å². The average Bonchev–Trinajstić information content (AvgIpc) is 2.70. The molecule has 1 saturated heterocycles. The highest BCUT2D eigenvalue weighted by molar-refractivity contribution is 7.15. The molecule has 100 valence electrons. The van der Waals surface area contributed by atoms with Crippen molar-refractivity contribution < 1.29 is 4.79 Å². The number of nitrogens with one attached hydrogen (secondary N) is 2. The van der Waals surface area contributed by atoms with E-state index < -0.39 is 0 Å². The fraction of sp³-hybridized carbons (Fsp3) is 0.692. The number of aryl methyl sites for hydroxylation is 2. The molecule has 1 fully saturated rings. The van der Waals surface area contributed by atoms with E-state index >= 15 is 0 Å². The zero-order chi connectivity index (χ0) is 13.2. The van der Waals surface area contributed by atoms with Gasteiger partial charge in [0.05, 0.1) is 5.69 Å². The molecule has 0 aromatic carbocycles. The van der Waals surface area contributed by atoms with Crippen molar-refractivity contribution in [2.45, 2.75) is 40.0 Å². The normalized spacial score (nSPS) is 18.6. The van der Waals surface area contributed by atoms with Crippen LogP contribution in [0.1, 0.15) is 37.3 Å².